The highest BCUT2D eigenvalue weighted by atomic mass is 19.4. The van der Waals surface area contributed by atoms with E-state index in [1.54, 1.807) is 0 Å². The van der Waals surface area contributed by atoms with Crippen molar-refractivity contribution in [2.24, 2.45) is 5.73 Å². The van der Waals surface area contributed by atoms with Crippen LogP contribution in [0.15, 0.2) is 0 Å². The van der Waals surface area contributed by atoms with Crippen LogP contribution in [-0.4, -0.2) is 31.1 Å². The molecule has 1 fully saturated rings. The molecule has 0 saturated heterocycles. The van der Waals surface area contributed by atoms with Gasteiger partial charge in [0.2, 0.25) is 0 Å². The van der Waals surface area contributed by atoms with Crippen LogP contribution in [0.1, 0.15) is 25.7 Å². The molecule has 16 heavy (non-hydrogen) atoms. The summed E-state index contributed by atoms with van der Waals surface area (Å²) < 4.78 is 45.0. The third kappa shape index (κ3) is 5.20. The molecule has 1 amide bonds. The van der Waals surface area contributed by atoms with Crippen LogP contribution in [0.2, 0.25) is 0 Å². The monoisotopic (exact) mass is 241 g/mol. The van der Waals surface area contributed by atoms with Crippen LogP contribution in [0.25, 0.3) is 0 Å². The van der Waals surface area contributed by atoms with E-state index in [1.807, 2.05) is 0 Å². The number of carbonyl (C=O) groups is 1. The van der Waals surface area contributed by atoms with Gasteiger partial charge in [-0.3, -0.25) is 0 Å². The predicted molar refractivity (Wildman–Crippen MR) is 48.7 cm³/mol. The zero-order chi connectivity index (χ0) is 12.2. The van der Waals surface area contributed by atoms with Gasteiger partial charge in [0.05, 0.1) is 6.10 Å². The molecule has 0 aromatic rings. The van der Waals surface area contributed by atoms with E-state index in [0.29, 0.717) is 25.7 Å². The highest BCUT2D eigenvalue weighted by molar-refractivity contribution is 5.64. The predicted octanol–water partition coefficient (Wildman–Crippen LogP) is 1.97. The first-order valence-corrected chi connectivity index (χ1v) is 5.01. The Morgan fingerprint density at radius 3 is 2.12 bits per heavy atom. The third-order valence-corrected chi connectivity index (χ3v) is 2.39. The Balaban J connectivity index is 2.19. The van der Waals surface area contributed by atoms with Crippen LogP contribution >= 0.6 is 0 Å². The Labute approximate surface area is 90.9 Å². The second-order valence-corrected chi connectivity index (χ2v) is 3.76. The number of ether oxygens (including phenoxy) is 2. The Morgan fingerprint density at radius 2 is 1.69 bits per heavy atom. The number of carbonyl (C=O) groups excluding carboxylic acids is 1. The van der Waals surface area contributed by atoms with Crippen molar-refractivity contribution in [1.29, 1.82) is 0 Å². The molecule has 1 saturated carbocycles. The molecule has 1 aliphatic rings. The molecule has 0 aliphatic heterocycles. The van der Waals surface area contributed by atoms with Crippen LogP contribution in [-0.2, 0) is 9.47 Å². The van der Waals surface area contributed by atoms with Crippen molar-refractivity contribution in [3.05, 3.63) is 0 Å². The minimum Gasteiger partial charge on any atom is -0.446 e. The summed E-state index contributed by atoms with van der Waals surface area (Å²) in [4.78, 5) is 10.4. The average molecular weight is 241 g/mol. The smallest absolute Gasteiger partial charge is 0.411 e. The van der Waals surface area contributed by atoms with Crippen molar-refractivity contribution < 1.29 is 27.4 Å². The molecule has 2 N–H and O–H groups in total. The summed E-state index contributed by atoms with van der Waals surface area (Å²) in [5.41, 5.74) is 4.83. The molecule has 0 aromatic carbocycles. The van der Waals surface area contributed by atoms with Crippen LogP contribution in [0.4, 0.5) is 18.0 Å². The maximum absolute atomic E-state index is 11.8. The average Bonchev–Trinajstić information content (AvgIpc) is 2.14. The summed E-state index contributed by atoms with van der Waals surface area (Å²) in [5, 5.41) is 0. The van der Waals surface area contributed by atoms with Gasteiger partial charge in [0.15, 0.2) is 0 Å². The minimum atomic E-state index is -4.29. The van der Waals surface area contributed by atoms with Gasteiger partial charge in [0, 0.05) is 0 Å². The first kappa shape index (κ1) is 13.1. The van der Waals surface area contributed by atoms with Crippen molar-refractivity contribution in [1.82, 2.24) is 0 Å². The largest absolute Gasteiger partial charge is 0.446 e. The van der Waals surface area contributed by atoms with E-state index < -0.39 is 25.0 Å². The fourth-order valence-electron chi connectivity index (χ4n) is 1.69. The number of alkyl halides is 3. The van der Waals surface area contributed by atoms with Gasteiger partial charge in [-0.25, -0.2) is 4.79 Å². The Hall–Kier alpha value is -0.980. The Bertz CT molecular complexity index is 237. The van der Waals surface area contributed by atoms with Crippen LogP contribution in [0, 0.1) is 0 Å². The quantitative estimate of drug-likeness (QED) is 0.821. The molecular formula is C9H14F3NO3. The molecule has 0 heterocycles. The van der Waals surface area contributed by atoms with E-state index in [-0.39, 0.29) is 6.10 Å². The van der Waals surface area contributed by atoms with Gasteiger partial charge in [-0.05, 0) is 25.7 Å². The molecule has 0 aromatic heterocycles. The van der Waals surface area contributed by atoms with Crippen LogP contribution < -0.4 is 5.73 Å². The topological polar surface area (TPSA) is 61.6 Å². The van der Waals surface area contributed by atoms with Gasteiger partial charge in [-0.2, -0.15) is 13.2 Å². The van der Waals surface area contributed by atoms with Gasteiger partial charge in [-0.15, -0.1) is 0 Å². The summed E-state index contributed by atoms with van der Waals surface area (Å²) in [5.74, 6) is 0. The number of primary amides is 1. The fourth-order valence-corrected chi connectivity index (χ4v) is 1.69. The summed E-state index contributed by atoms with van der Waals surface area (Å²) in [6.45, 7) is -1.22. The van der Waals surface area contributed by atoms with Crippen molar-refractivity contribution in [3.8, 4) is 0 Å². The van der Waals surface area contributed by atoms with Gasteiger partial charge in [0.1, 0.15) is 12.7 Å². The minimum absolute atomic E-state index is 0.289. The van der Waals surface area contributed by atoms with Crippen molar-refractivity contribution >= 4 is 6.09 Å². The lowest BCUT2D eigenvalue weighted by molar-refractivity contribution is -0.189. The molecule has 94 valence electrons. The van der Waals surface area contributed by atoms with Gasteiger partial charge >= 0.3 is 12.3 Å². The molecule has 7 heteroatoms. The molecule has 1 rings (SSSR count). The van der Waals surface area contributed by atoms with Crippen molar-refractivity contribution in [2.75, 3.05) is 6.61 Å². The van der Waals surface area contributed by atoms with E-state index in [2.05, 4.69) is 0 Å². The van der Waals surface area contributed by atoms with E-state index in [0.717, 1.165) is 0 Å². The molecule has 0 unspecified atom stereocenters. The van der Waals surface area contributed by atoms with E-state index >= 15 is 0 Å². The zero-order valence-corrected chi connectivity index (χ0v) is 8.63. The van der Waals surface area contributed by atoms with Crippen LogP contribution in [0.3, 0.4) is 0 Å². The standard InChI is InChI=1S/C9H14F3NO3/c10-9(11,12)5-15-6-1-3-7(4-2-6)16-8(13)14/h6-7H,1-5H2,(H2,13,14)/t6-,7-. The molecule has 1 aliphatic carbocycles. The van der Waals surface area contributed by atoms with E-state index in [1.165, 1.54) is 0 Å². The zero-order valence-electron chi connectivity index (χ0n) is 8.63. The molecule has 0 atom stereocenters. The number of rotatable bonds is 3. The van der Waals surface area contributed by atoms with E-state index in [9.17, 15) is 18.0 Å². The molecule has 4 nitrogen and oxygen atoms in total. The maximum Gasteiger partial charge on any atom is 0.411 e. The lowest BCUT2D eigenvalue weighted by atomic mass is 9.95. The number of nitrogens with two attached hydrogens (primary N) is 1. The van der Waals surface area contributed by atoms with Crippen molar-refractivity contribution in [2.45, 2.75) is 44.1 Å². The number of halogens is 3. The maximum atomic E-state index is 11.8. The summed E-state index contributed by atoms with van der Waals surface area (Å²) >= 11 is 0. The van der Waals surface area contributed by atoms with Gasteiger partial charge < -0.3 is 15.2 Å². The van der Waals surface area contributed by atoms with Crippen LogP contribution in [0.5, 0.6) is 0 Å². The van der Waals surface area contributed by atoms with Crippen molar-refractivity contribution in [3.63, 3.8) is 0 Å². The fraction of sp³-hybridized carbons (Fsp3) is 0.889. The number of hydrogen-bond donors (Lipinski definition) is 1. The molecule has 0 bridgehead atoms. The Kier molecular flexibility index (Phi) is 4.40. The number of hydrogen-bond acceptors (Lipinski definition) is 3. The highest BCUT2D eigenvalue weighted by Crippen LogP contribution is 2.25. The lowest BCUT2D eigenvalue weighted by Gasteiger charge is -2.28. The highest BCUT2D eigenvalue weighted by Gasteiger charge is 2.31. The third-order valence-electron chi connectivity index (χ3n) is 2.39. The SMILES string of the molecule is NC(=O)O[C@H]1CC[C@H](OCC(F)(F)F)CC1. The second-order valence-electron chi connectivity index (χ2n) is 3.76. The second kappa shape index (κ2) is 5.38. The van der Waals surface area contributed by atoms with Gasteiger partial charge in [-0.1, -0.05) is 0 Å². The Morgan fingerprint density at radius 1 is 1.19 bits per heavy atom. The van der Waals surface area contributed by atoms with Gasteiger partial charge in [0.25, 0.3) is 0 Å². The summed E-state index contributed by atoms with van der Waals surface area (Å²) in [6, 6.07) is 0. The molecule has 0 spiro atoms. The summed E-state index contributed by atoms with van der Waals surface area (Å²) in [6.07, 6.45) is -3.95. The lowest BCUT2D eigenvalue weighted by Crippen LogP contribution is -2.32. The normalized spacial score (nSPS) is 26.4. The molecular weight excluding hydrogens is 227 g/mol. The molecule has 0 radical (unpaired) electrons. The first-order valence-electron chi connectivity index (χ1n) is 5.01. The first-order chi connectivity index (χ1) is 7.37. The van der Waals surface area contributed by atoms with E-state index in [4.69, 9.17) is 15.2 Å². The summed E-state index contributed by atoms with van der Waals surface area (Å²) in [7, 11) is 0. The number of amides is 1.